The first kappa shape index (κ1) is 22.3. The van der Waals surface area contributed by atoms with Crippen molar-refractivity contribution >= 4 is 50.6 Å². The number of rotatable bonds is 6. The molecule has 0 atom stereocenters. The largest absolute Gasteiger partial charge is 0.274 e. The Bertz CT molecular complexity index is 1470. The third kappa shape index (κ3) is 4.58. The Morgan fingerprint density at radius 3 is 2.47 bits per heavy atom. The second-order valence-corrected chi connectivity index (χ2v) is 9.67. The number of amides is 1. The summed E-state index contributed by atoms with van der Waals surface area (Å²) in [6, 6.07) is 26.2. The Kier molecular flexibility index (Phi) is 6.38. The SMILES string of the molecule is CC(=O)N(c1cccc(C)c1)c1nc(CSc2nnc(-c3ccccc3)c3ccccc23)cs1. The zero-order valence-corrected chi connectivity index (χ0v) is 20.4. The van der Waals surface area contributed by atoms with Crippen LogP contribution in [0.4, 0.5) is 10.8 Å². The van der Waals surface area contributed by atoms with Crippen LogP contribution >= 0.6 is 23.1 Å². The van der Waals surface area contributed by atoms with E-state index in [1.807, 2.05) is 66.9 Å². The lowest BCUT2D eigenvalue weighted by molar-refractivity contribution is -0.115. The minimum Gasteiger partial charge on any atom is -0.274 e. The molecule has 168 valence electrons. The normalized spacial score (nSPS) is 11.0. The number of anilines is 2. The molecule has 0 aliphatic carbocycles. The number of thioether (sulfide) groups is 1. The summed E-state index contributed by atoms with van der Waals surface area (Å²) >= 11 is 3.08. The van der Waals surface area contributed by atoms with E-state index in [0.717, 1.165) is 44.0 Å². The Morgan fingerprint density at radius 1 is 0.941 bits per heavy atom. The van der Waals surface area contributed by atoms with Gasteiger partial charge in [-0.25, -0.2) is 4.98 Å². The van der Waals surface area contributed by atoms with Crippen molar-refractivity contribution in [3.63, 3.8) is 0 Å². The number of hydrogen-bond donors (Lipinski definition) is 0. The first-order valence-electron chi connectivity index (χ1n) is 10.9. The summed E-state index contributed by atoms with van der Waals surface area (Å²) in [5.41, 5.74) is 4.76. The molecule has 0 saturated carbocycles. The molecule has 2 aromatic heterocycles. The summed E-state index contributed by atoms with van der Waals surface area (Å²) in [5.74, 6) is 0.576. The van der Waals surface area contributed by atoms with E-state index in [1.54, 1.807) is 23.6 Å². The maximum Gasteiger partial charge on any atom is 0.230 e. The van der Waals surface area contributed by atoms with Gasteiger partial charge in [0, 0.05) is 34.4 Å². The average molecular weight is 483 g/mol. The van der Waals surface area contributed by atoms with Crippen LogP contribution in [0.2, 0.25) is 0 Å². The molecule has 5 nitrogen and oxygen atoms in total. The van der Waals surface area contributed by atoms with Crippen LogP contribution in [0.5, 0.6) is 0 Å². The Labute approximate surface area is 206 Å². The fourth-order valence-corrected chi connectivity index (χ4v) is 5.65. The fourth-order valence-electron chi connectivity index (χ4n) is 3.80. The zero-order valence-electron chi connectivity index (χ0n) is 18.8. The highest BCUT2D eigenvalue weighted by Crippen LogP contribution is 2.35. The van der Waals surface area contributed by atoms with E-state index in [0.29, 0.717) is 10.9 Å². The van der Waals surface area contributed by atoms with Crippen LogP contribution in [0.1, 0.15) is 18.2 Å². The molecule has 5 rings (SSSR count). The van der Waals surface area contributed by atoms with Gasteiger partial charge in [-0.2, -0.15) is 0 Å². The molecule has 2 heterocycles. The van der Waals surface area contributed by atoms with Crippen LogP contribution < -0.4 is 4.90 Å². The van der Waals surface area contributed by atoms with Gasteiger partial charge in [0.1, 0.15) is 10.7 Å². The molecular formula is C27H22N4OS2. The minimum atomic E-state index is -0.0625. The maximum absolute atomic E-state index is 12.4. The number of carbonyl (C=O) groups excluding carboxylic acids is 1. The van der Waals surface area contributed by atoms with E-state index in [2.05, 4.69) is 34.5 Å². The van der Waals surface area contributed by atoms with Crippen LogP contribution in [0.15, 0.2) is 89.3 Å². The lowest BCUT2D eigenvalue weighted by Crippen LogP contribution is -2.22. The van der Waals surface area contributed by atoms with E-state index >= 15 is 0 Å². The molecule has 0 unspecified atom stereocenters. The van der Waals surface area contributed by atoms with Gasteiger partial charge in [0.15, 0.2) is 5.13 Å². The second kappa shape index (κ2) is 9.75. The predicted octanol–water partition coefficient (Wildman–Crippen LogP) is 7.04. The van der Waals surface area contributed by atoms with Crippen LogP contribution in [0.25, 0.3) is 22.0 Å². The number of fused-ring (bicyclic) bond motifs is 1. The molecular weight excluding hydrogens is 460 g/mol. The van der Waals surface area contributed by atoms with Crippen molar-refractivity contribution in [3.8, 4) is 11.3 Å². The summed E-state index contributed by atoms with van der Waals surface area (Å²) in [6.45, 7) is 3.58. The molecule has 3 aromatic carbocycles. The summed E-state index contributed by atoms with van der Waals surface area (Å²) in [4.78, 5) is 18.8. The van der Waals surface area contributed by atoms with E-state index in [-0.39, 0.29) is 5.91 Å². The number of aryl methyl sites for hydroxylation is 1. The van der Waals surface area contributed by atoms with E-state index in [1.165, 1.54) is 11.3 Å². The predicted molar refractivity (Wildman–Crippen MR) is 141 cm³/mol. The van der Waals surface area contributed by atoms with E-state index in [4.69, 9.17) is 4.98 Å². The summed E-state index contributed by atoms with van der Waals surface area (Å²) in [5, 5.41) is 14.8. The van der Waals surface area contributed by atoms with Gasteiger partial charge in [-0.05, 0) is 24.6 Å². The first-order chi connectivity index (χ1) is 16.6. The molecule has 1 amide bonds. The number of aromatic nitrogens is 3. The zero-order chi connectivity index (χ0) is 23.5. The number of benzene rings is 3. The van der Waals surface area contributed by atoms with Gasteiger partial charge in [0.05, 0.1) is 11.4 Å². The Hall–Kier alpha value is -3.55. The van der Waals surface area contributed by atoms with Crippen LogP contribution in [-0.4, -0.2) is 21.1 Å². The minimum absolute atomic E-state index is 0.0625. The lowest BCUT2D eigenvalue weighted by atomic mass is 10.1. The molecule has 0 fully saturated rings. The van der Waals surface area contributed by atoms with E-state index < -0.39 is 0 Å². The number of hydrogen-bond acceptors (Lipinski definition) is 6. The van der Waals surface area contributed by atoms with Crippen molar-refractivity contribution in [2.45, 2.75) is 24.6 Å². The lowest BCUT2D eigenvalue weighted by Gasteiger charge is -2.18. The quantitative estimate of drug-likeness (QED) is 0.243. The highest BCUT2D eigenvalue weighted by atomic mass is 32.2. The van der Waals surface area contributed by atoms with Crippen LogP contribution in [0, 0.1) is 6.92 Å². The van der Waals surface area contributed by atoms with Gasteiger partial charge in [-0.3, -0.25) is 9.69 Å². The number of thiazole rings is 1. The summed E-state index contributed by atoms with van der Waals surface area (Å²) in [6.07, 6.45) is 0. The standard InChI is InChI=1S/C27H22N4OS2/c1-18-9-8-12-22(15-18)31(19(2)32)27-28-21(17-34-27)16-33-26-24-14-7-6-13-23(24)25(29-30-26)20-10-4-3-5-11-20/h3-15,17H,16H2,1-2H3. The Morgan fingerprint density at radius 2 is 1.71 bits per heavy atom. The number of nitrogens with zero attached hydrogens (tertiary/aromatic N) is 4. The van der Waals surface area contributed by atoms with Gasteiger partial charge in [-0.1, -0.05) is 78.5 Å². The highest BCUT2D eigenvalue weighted by Gasteiger charge is 2.18. The summed E-state index contributed by atoms with van der Waals surface area (Å²) < 4.78 is 0. The Balaban J connectivity index is 1.40. The van der Waals surface area contributed by atoms with Gasteiger partial charge < -0.3 is 0 Å². The second-order valence-electron chi connectivity index (χ2n) is 7.87. The molecule has 34 heavy (non-hydrogen) atoms. The molecule has 0 radical (unpaired) electrons. The number of carbonyl (C=O) groups is 1. The smallest absolute Gasteiger partial charge is 0.230 e. The molecule has 0 aliphatic rings. The highest BCUT2D eigenvalue weighted by molar-refractivity contribution is 7.98. The van der Waals surface area contributed by atoms with Crippen molar-refractivity contribution in [2.24, 2.45) is 0 Å². The van der Waals surface area contributed by atoms with Gasteiger partial charge in [0.2, 0.25) is 5.91 Å². The molecule has 0 N–H and O–H groups in total. The van der Waals surface area contributed by atoms with Crippen molar-refractivity contribution in [3.05, 3.63) is 95.5 Å². The molecule has 0 bridgehead atoms. The molecule has 0 spiro atoms. The van der Waals surface area contributed by atoms with Crippen molar-refractivity contribution in [1.29, 1.82) is 0 Å². The first-order valence-corrected chi connectivity index (χ1v) is 12.7. The van der Waals surface area contributed by atoms with Gasteiger partial charge >= 0.3 is 0 Å². The third-order valence-electron chi connectivity index (χ3n) is 5.36. The maximum atomic E-state index is 12.4. The third-order valence-corrected chi connectivity index (χ3v) is 7.25. The van der Waals surface area contributed by atoms with Crippen molar-refractivity contribution < 1.29 is 4.79 Å². The molecule has 7 heteroatoms. The van der Waals surface area contributed by atoms with Gasteiger partial charge in [0.25, 0.3) is 0 Å². The molecule has 0 aliphatic heterocycles. The molecule has 5 aromatic rings. The van der Waals surface area contributed by atoms with Gasteiger partial charge in [-0.15, -0.1) is 21.5 Å². The van der Waals surface area contributed by atoms with E-state index in [9.17, 15) is 4.79 Å². The van der Waals surface area contributed by atoms with Crippen LogP contribution in [-0.2, 0) is 10.5 Å². The monoisotopic (exact) mass is 482 g/mol. The van der Waals surface area contributed by atoms with Crippen LogP contribution in [0.3, 0.4) is 0 Å². The average Bonchev–Trinajstić information content (AvgIpc) is 3.31. The summed E-state index contributed by atoms with van der Waals surface area (Å²) in [7, 11) is 0. The topological polar surface area (TPSA) is 59.0 Å². The fraction of sp³-hybridized carbons (Fsp3) is 0.111. The molecule has 0 saturated heterocycles. The van der Waals surface area contributed by atoms with Crippen molar-refractivity contribution in [1.82, 2.24) is 15.2 Å². The van der Waals surface area contributed by atoms with Crippen molar-refractivity contribution in [2.75, 3.05) is 4.90 Å².